The fourth-order valence-corrected chi connectivity index (χ4v) is 3.65. The molecular weight excluding hydrogens is 301 g/mol. The molecule has 0 radical (unpaired) electrons. The maximum atomic E-state index is 13.7. The van der Waals surface area contributed by atoms with E-state index < -0.39 is 5.82 Å². The van der Waals surface area contributed by atoms with Gasteiger partial charge in [-0.3, -0.25) is 4.79 Å². The second-order valence-corrected chi connectivity index (χ2v) is 6.36. The molecule has 2 atom stereocenters. The van der Waals surface area contributed by atoms with E-state index in [0.29, 0.717) is 25.2 Å². The summed E-state index contributed by atoms with van der Waals surface area (Å²) in [4.78, 5) is 12.2. The van der Waals surface area contributed by atoms with Gasteiger partial charge in [-0.25, -0.2) is 4.39 Å². The first-order chi connectivity index (χ1) is 11.0. The first-order valence-corrected chi connectivity index (χ1v) is 7.93. The smallest absolute Gasteiger partial charge is 0.224 e. The molecule has 0 aromatic heterocycles. The zero-order valence-electron chi connectivity index (χ0n) is 13.2. The lowest BCUT2D eigenvalue weighted by Gasteiger charge is -2.55. The molecule has 2 aliphatic rings. The van der Waals surface area contributed by atoms with Crippen LogP contribution in [0.5, 0.6) is 5.75 Å². The highest BCUT2D eigenvalue weighted by molar-refractivity contribution is 5.79. The van der Waals surface area contributed by atoms with Gasteiger partial charge in [0.2, 0.25) is 5.91 Å². The highest BCUT2D eigenvalue weighted by Crippen LogP contribution is 2.48. The number of amides is 1. The van der Waals surface area contributed by atoms with Gasteiger partial charge < -0.3 is 19.9 Å². The molecule has 126 valence electrons. The Hall–Kier alpha value is -1.66. The van der Waals surface area contributed by atoms with Gasteiger partial charge in [-0.1, -0.05) is 6.07 Å². The van der Waals surface area contributed by atoms with E-state index >= 15 is 0 Å². The topological polar surface area (TPSA) is 67.8 Å². The molecule has 1 aromatic rings. The average Bonchev–Trinajstić information content (AvgIpc) is 2.55. The van der Waals surface area contributed by atoms with Gasteiger partial charge in [-0.15, -0.1) is 0 Å². The highest BCUT2D eigenvalue weighted by atomic mass is 19.1. The van der Waals surface area contributed by atoms with E-state index in [0.717, 1.165) is 12.8 Å². The Kier molecular flexibility index (Phi) is 4.55. The van der Waals surface area contributed by atoms with Crippen LogP contribution in [0.3, 0.4) is 0 Å². The Morgan fingerprint density at radius 1 is 1.48 bits per heavy atom. The van der Waals surface area contributed by atoms with Crippen LogP contribution in [0.15, 0.2) is 18.2 Å². The molecule has 1 aromatic carbocycles. The lowest BCUT2D eigenvalue weighted by molar-refractivity contribution is -0.155. The Balaban J connectivity index is 1.60. The lowest BCUT2D eigenvalue weighted by atomic mass is 9.58. The van der Waals surface area contributed by atoms with Crippen molar-refractivity contribution in [2.45, 2.75) is 37.8 Å². The van der Waals surface area contributed by atoms with Crippen LogP contribution in [0.25, 0.3) is 0 Å². The van der Waals surface area contributed by atoms with Crippen LogP contribution in [0.1, 0.15) is 24.8 Å². The van der Waals surface area contributed by atoms with Gasteiger partial charge in [0, 0.05) is 24.7 Å². The van der Waals surface area contributed by atoms with Crippen molar-refractivity contribution in [3.63, 3.8) is 0 Å². The first kappa shape index (κ1) is 16.2. The number of benzene rings is 1. The molecule has 0 bridgehead atoms. The van der Waals surface area contributed by atoms with Crippen molar-refractivity contribution in [2.75, 3.05) is 20.3 Å². The summed E-state index contributed by atoms with van der Waals surface area (Å²) in [6.07, 6.45) is 1.82. The van der Waals surface area contributed by atoms with Gasteiger partial charge in [-0.2, -0.15) is 0 Å². The first-order valence-electron chi connectivity index (χ1n) is 7.93. The monoisotopic (exact) mass is 323 g/mol. The summed E-state index contributed by atoms with van der Waals surface area (Å²) in [5.41, 5.74) is 0.348. The third-order valence-corrected chi connectivity index (χ3v) is 5.16. The summed E-state index contributed by atoms with van der Waals surface area (Å²) in [6.45, 7) is 1.24. The van der Waals surface area contributed by atoms with Crippen LogP contribution < -0.4 is 10.1 Å². The van der Waals surface area contributed by atoms with Gasteiger partial charge in [0.25, 0.3) is 0 Å². The zero-order valence-corrected chi connectivity index (χ0v) is 13.2. The summed E-state index contributed by atoms with van der Waals surface area (Å²) < 4.78 is 23.9. The van der Waals surface area contributed by atoms with E-state index in [9.17, 15) is 14.3 Å². The van der Waals surface area contributed by atoms with E-state index in [-0.39, 0.29) is 35.6 Å². The maximum absolute atomic E-state index is 13.7. The molecule has 5 nitrogen and oxygen atoms in total. The van der Waals surface area contributed by atoms with E-state index in [1.807, 2.05) is 0 Å². The molecule has 2 N–H and O–H groups in total. The van der Waals surface area contributed by atoms with Crippen molar-refractivity contribution in [3.8, 4) is 5.75 Å². The van der Waals surface area contributed by atoms with Gasteiger partial charge in [-0.05, 0) is 37.0 Å². The average molecular weight is 323 g/mol. The molecule has 2 fully saturated rings. The molecule has 1 saturated carbocycles. The Morgan fingerprint density at radius 3 is 2.83 bits per heavy atom. The summed E-state index contributed by atoms with van der Waals surface area (Å²) in [5, 5.41) is 13.1. The molecule has 0 unspecified atom stereocenters. The van der Waals surface area contributed by atoms with Crippen LogP contribution in [0, 0.1) is 11.2 Å². The Morgan fingerprint density at radius 2 is 2.22 bits per heavy atom. The number of methoxy groups -OCH3 is 1. The number of hydrogen-bond donors (Lipinski definition) is 2. The van der Waals surface area contributed by atoms with E-state index in [4.69, 9.17) is 9.47 Å². The molecule has 23 heavy (non-hydrogen) atoms. The van der Waals surface area contributed by atoms with Crippen molar-refractivity contribution >= 4 is 5.91 Å². The highest BCUT2D eigenvalue weighted by Gasteiger charge is 2.55. The third kappa shape index (κ3) is 3.05. The second kappa shape index (κ2) is 6.45. The van der Waals surface area contributed by atoms with Crippen LogP contribution in [-0.2, 0) is 16.0 Å². The van der Waals surface area contributed by atoms with Crippen molar-refractivity contribution < 1.29 is 23.8 Å². The minimum Gasteiger partial charge on any atom is -0.494 e. The molecular formula is C17H22FNO4. The van der Waals surface area contributed by atoms with Gasteiger partial charge in [0.15, 0.2) is 11.6 Å². The summed E-state index contributed by atoms with van der Waals surface area (Å²) in [7, 11) is 1.40. The minimum atomic E-state index is -0.474. The Labute approximate surface area is 134 Å². The maximum Gasteiger partial charge on any atom is 0.224 e. The molecule has 6 heteroatoms. The normalized spacial score (nSPS) is 25.7. The van der Waals surface area contributed by atoms with E-state index in [1.54, 1.807) is 6.07 Å². The third-order valence-electron chi connectivity index (χ3n) is 5.16. The van der Waals surface area contributed by atoms with E-state index in [1.165, 1.54) is 19.2 Å². The minimum absolute atomic E-state index is 0.0306. The Bertz CT molecular complexity index is 586. The summed E-state index contributed by atoms with van der Waals surface area (Å²) >= 11 is 0. The molecule has 1 aliphatic carbocycles. The summed E-state index contributed by atoms with van der Waals surface area (Å²) in [5.74, 6) is -0.465. The van der Waals surface area contributed by atoms with Crippen molar-refractivity contribution in [2.24, 2.45) is 5.41 Å². The van der Waals surface area contributed by atoms with Gasteiger partial charge in [0.1, 0.15) is 0 Å². The second-order valence-electron chi connectivity index (χ2n) is 6.36. The molecule has 1 aliphatic heterocycles. The number of ether oxygens (including phenoxy) is 2. The number of aliphatic hydroxyl groups is 1. The van der Waals surface area contributed by atoms with Gasteiger partial charge >= 0.3 is 0 Å². The van der Waals surface area contributed by atoms with Gasteiger partial charge in [0.05, 0.1) is 19.6 Å². The summed E-state index contributed by atoms with van der Waals surface area (Å²) in [6, 6.07) is 4.49. The number of aliphatic hydroxyl groups excluding tert-OH is 1. The molecule has 1 spiro atoms. The molecule has 1 saturated heterocycles. The van der Waals surface area contributed by atoms with Crippen molar-refractivity contribution in [1.29, 1.82) is 0 Å². The fraction of sp³-hybridized carbons (Fsp3) is 0.588. The largest absolute Gasteiger partial charge is 0.494 e. The van der Waals surface area contributed by atoms with Crippen LogP contribution >= 0.6 is 0 Å². The van der Waals surface area contributed by atoms with Crippen LogP contribution in [0.2, 0.25) is 0 Å². The standard InChI is InChI=1S/C17H22FNO4/c1-22-13-3-2-11(8-12(13)18)9-16(21)19-14-10-15(20)17(14)4-6-23-7-5-17/h2-3,8,14-15,20H,4-7,9-10H2,1H3,(H,19,21)/t14-,15-/m1/s1. The number of halogens is 1. The number of rotatable bonds is 4. The van der Waals surface area contributed by atoms with Crippen LogP contribution in [0.4, 0.5) is 4.39 Å². The number of carbonyl (C=O) groups excluding carboxylic acids is 1. The zero-order chi connectivity index (χ0) is 16.4. The van der Waals surface area contributed by atoms with Crippen molar-refractivity contribution in [1.82, 2.24) is 5.32 Å². The fourth-order valence-electron chi connectivity index (χ4n) is 3.65. The molecule has 3 rings (SSSR count). The van der Waals surface area contributed by atoms with E-state index in [2.05, 4.69) is 5.32 Å². The number of carbonyl (C=O) groups is 1. The molecule has 1 amide bonds. The number of hydrogen-bond acceptors (Lipinski definition) is 4. The lowest BCUT2D eigenvalue weighted by Crippen LogP contribution is -2.65. The number of nitrogens with one attached hydrogen (secondary N) is 1. The predicted octanol–water partition coefficient (Wildman–Crippen LogP) is 1.42. The SMILES string of the molecule is COc1ccc(CC(=O)N[C@@H]2C[C@@H](O)C23CCOCC3)cc1F. The van der Waals surface area contributed by atoms with Crippen molar-refractivity contribution in [3.05, 3.63) is 29.6 Å². The molecule has 1 heterocycles. The van der Waals surface area contributed by atoms with Crippen LogP contribution in [-0.4, -0.2) is 43.5 Å². The predicted molar refractivity (Wildman–Crippen MR) is 81.7 cm³/mol. The quantitative estimate of drug-likeness (QED) is 0.879.